The van der Waals surface area contributed by atoms with Crippen molar-refractivity contribution >= 4 is 45.7 Å². The zero-order valence-electron chi connectivity index (χ0n) is 14.9. The largest absolute Gasteiger partial charge is 0.361 e. The molecule has 0 radical (unpaired) electrons. The summed E-state index contributed by atoms with van der Waals surface area (Å²) in [6.45, 7) is 5.62. The van der Waals surface area contributed by atoms with Crippen LogP contribution < -0.4 is 10.6 Å². The molecule has 0 spiro atoms. The quantitative estimate of drug-likeness (QED) is 0.479. The Bertz CT molecular complexity index is 983. The fourth-order valence-corrected chi connectivity index (χ4v) is 3.68. The van der Waals surface area contributed by atoms with Crippen LogP contribution in [0.4, 0.5) is 10.8 Å². The summed E-state index contributed by atoms with van der Waals surface area (Å²) >= 11 is 2.44. The monoisotopic (exact) mass is 403 g/mol. The normalized spacial score (nSPS) is 10.6. The molecule has 3 aromatic rings. The number of thioether (sulfide) groups is 1. The number of hydrogen-bond acceptors (Lipinski definition) is 8. The van der Waals surface area contributed by atoms with Crippen molar-refractivity contribution in [1.29, 1.82) is 0 Å². The van der Waals surface area contributed by atoms with Crippen molar-refractivity contribution in [3.05, 3.63) is 46.8 Å². The standard InChI is InChI=1S/C17H17N5O3S2/c1-9-4-5-10(2)12(6-9)18-14(23)8-26-17-21-20-16(27-17)19-15(24)13-7-11(3)25-22-13/h4-7H,8H2,1-3H3,(H,18,23)(H,19,20,24). The highest BCUT2D eigenvalue weighted by Crippen LogP contribution is 2.26. The molecule has 0 aliphatic rings. The Labute approximate surface area is 163 Å². The number of amides is 2. The Morgan fingerprint density at radius 2 is 1.96 bits per heavy atom. The van der Waals surface area contributed by atoms with Crippen LogP contribution in [0.3, 0.4) is 0 Å². The van der Waals surface area contributed by atoms with Gasteiger partial charge in [-0.25, -0.2) is 0 Å². The molecular formula is C17H17N5O3S2. The Kier molecular flexibility index (Phi) is 5.87. The van der Waals surface area contributed by atoms with Crippen LogP contribution in [0.2, 0.25) is 0 Å². The van der Waals surface area contributed by atoms with E-state index in [1.54, 1.807) is 6.92 Å². The smallest absolute Gasteiger partial charge is 0.279 e. The second-order valence-corrected chi connectivity index (χ2v) is 8.01. The molecule has 27 heavy (non-hydrogen) atoms. The Morgan fingerprint density at radius 1 is 1.15 bits per heavy atom. The maximum Gasteiger partial charge on any atom is 0.279 e. The molecule has 0 bridgehead atoms. The number of carbonyl (C=O) groups is 2. The van der Waals surface area contributed by atoms with Crippen LogP contribution in [0.15, 0.2) is 33.1 Å². The maximum absolute atomic E-state index is 12.2. The van der Waals surface area contributed by atoms with Crippen LogP contribution >= 0.6 is 23.1 Å². The summed E-state index contributed by atoms with van der Waals surface area (Å²) in [7, 11) is 0. The van der Waals surface area contributed by atoms with E-state index >= 15 is 0 Å². The summed E-state index contributed by atoms with van der Waals surface area (Å²) in [4.78, 5) is 24.2. The van der Waals surface area contributed by atoms with Crippen LogP contribution in [0.25, 0.3) is 0 Å². The van der Waals surface area contributed by atoms with Crippen LogP contribution in [-0.4, -0.2) is 32.9 Å². The highest BCUT2D eigenvalue weighted by molar-refractivity contribution is 8.01. The van der Waals surface area contributed by atoms with Crippen molar-refractivity contribution in [2.24, 2.45) is 0 Å². The molecule has 0 saturated heterocycles. The van der Waals surface area contributed by atoms with Crippen molar-refractivity contribution in [1.82, 2.24) is 15.4 Å². The van der Waals surface area contributed by atoms with Gasteiger partial charge in [0.2, 0.25) is 11.0 Å². The minimum atomic E-state index is -0.424. The lowest BCUT2D eigenvalue weighted by Gasteiger charge is -2.08. The third-order valence-electron chi connectivity index (χ3n) is 3.48. The summed E-state index contributed by atoms with van der Waals surface area (Å²) in [5.74, 6) is 0.182. The van der Waals surface area contributed by atoms with E-state index < -0.39 is 5.91 Å². The van der Waals surface area contributed by atoms with Gasteiger partial charge in [0.1, 0.15) is 5.76 Å². The Morgan fingerprint density at radius 3 is 2.70 bits per heavy atom. The van der Waals surface area contributed by atoms with Crippen molar-refractivity contribution in [2.45, 2.75) is 25.1 Å². The minimum absolute atomic E-state index is 0.132. The molecule has 2 heterocycles. The first-order valence-electron chi connectivity index (χ1n) is 7.99. The summed E-state index contributed by atoms with van der Waals surface area (Å²) < 4.78 is 5.45. The summed E-state index contributed by atoms with van der Waals surface area (Å²) in [5, 5.41) is 17.3. The second kappa shape index (κ2) is 8.31. The number of aromatic nitrogens is 3. The van der Waals surface area contributed by atoms with E-state index in [0.29, 0.717) is 15.2 Å². The summed E-state index contributed by atoms with van der Waals surface area (Å²) in [5.41, 5.74) is 3.05. The number of carbonyl (C=O) groups excluding carboxylic acids is 2. The van der Waals surface area contributed by atoms with Gasteiger partial charge in [0.05, 0.1) is 5.75 Å². The van der Waals surface area contributed by atoms with Gasteiger partial charge in [-0.05, 0) is 38.0 Å². The van der Waals surface area contributed by atoms with Crippen molar-refractivity contribution in [3.8, 4) is 0 Å². The lowest BCUT2D eigenvalue weighted by molar-refractivity contribution is -0.113. The lowest BCUT2D eigenvalue weighted by Crippen LogP contribution is -2.14. The SMILES string of the molecule is Cc1ccc(C)c(NC(=O)CSc2nnc(NC(=O)c3cc(C)on3)s2)c1. The van der Waals surface area contributed by atoms with E-state index in [4.69, 9.17) is 4.52 Å². The fourth-order valence-electron chi connectivity index (χ4n) is 2.14. The summed E-state index contributed by atoms with van der Waals surface area (Å²) in [6.07, 6.45) is 0. The van der Waals surface area contributed by atoms with E-state index in [0.717, 1.165) is 16.8 Å². The van der Waals surface area contributed by atoms with E-state index in [9.17, 15) is 9.59 Å². The molecule has 0 unspecified atom stereocenters. The molecule has 8 nitrogen and oxygen atoms in total. The number of anilines is 2. The van der Waals surface area contributed by atoms with Gasteiger partial charge in [-0.1, -0.05) is 40.4 Å². The second-order valence-electron chi connectivity index (χ2n) is 5.81. The van der Waals surface area contributed by atoms with Gasteiger partial charge in [-0.2, -0.15) is 0 Å². The van der Waals surface area contributed by atoms with Gasteiger partial charge >= 0.3 is 0 Å². The van der Waals surface area contributed by atoms with Gasteiger partial charge in [0.15, 0.2) is 10.0 Å². The van der Waals surface area contributed by atoms with E-state index in [-0.39, 0.29) is 17.4 Å². The molecule has 140 valence electrons. The van der Waals surface area contributed by atoms with Crippen molar-refractivity contribution < 1.29 is 14.1 Å². The van der Waals surface area contributed by atoms with Crippen LogP contribution in [-0.2, 0) is 4.79 Å². The van der Waals surface area contributed by atoms with E-state index in [2.05, 4.69) is 26.0 Å². The predicted octanol–water partition coefficient (Wildman–Crippen LogP) is 3.43. The molecule has 0 fully saturated rings. The molecule has 0 saturated carbocycles. The number of nitrogens with one attached hydrogen (secondary N) is 2. The predicted molar refractivity (Wildman–Crippen MR) is 104 cm³/mol. The molecule has 10 heteroatoms. The first-order chi connectivity index (χ1) is 12.9. The number of aryl methyl sites for hydroxylation is 3. The average Bonchev–Trinajstić information content (AvgIpc) is 3.25. The first-order valence-corrected chi connectivity index (χ1v) is 9.79. The molecule has 0 atom stereocenters. The molecule has 0 aliphatic carbocycles. The van der Waals surface area contributed by atoms with Gasteiger partial charge in [-0.3, -0.25) is 14.9 Å². The molecule has 3 rings (SSSR count). The third kappa shape index (κ3) is 5.14. The minimum Gasteiger partial charge on any atom is -0.361 e. The molecule has 1 aromatic carbocycles. The van der Waals surface area contributed by atoms with Gasteiger partial charge < -0.3 is 9.84 Å². The fraction of sp³-hybridized carbons (Fsp3) is 0.235. The summed E-state index contributed by atoms with van der Waals surface area (Å²) in [6, 6.07) is 7.43. The van der Waals surface area contributed by atoms with E-state index in [1.807, 2.05) is 32.0 Å². The van der Waals surface area contributed by atoms with Gasteiger partial charge in [0, 0.05) is 11.8 Å². The highest BCUT2D eigenvalue weighted by Gasteiger charge is 2.15. The Balaban J connectivity index is 1.52. The molecule has 2 aromatic heterocycles. The molecule has 2 N–H and O–H groups in total. The number of hydrogen-bond donors (Lipinski definition) is 2. The highest BCUT2D eigenvalue weighted by atomic mass is 32.2. The number of rotatable bonds is 6. The number of benzene rings is 1. The Hall–Kier alpha value is -2.72. The van der Waals surface area contributed by atoms with Crippen molar-refractivity contribution in [3.63, 3.8) is 0 Å². The maximum atomic E-state index is 12.2. The topological polar surface area (TPSA) is 110 Å². The average molecular weight is 403 g/mol. The zero-order chi connectivity index (χ0) is 19.4. The third-order valence-corrected chi connectivity index (χ3v) is 5.45. The molecular weight excluding hydrogens is 386 g/mol. The lowest BCUT2D eigenvalue weighted by atomic mass is 10.1. The van der Waals surface area contributed by atoms with Crippen LogP contribution in [0.1, 0.15) is 27.4 Å². The molecule has 2 amide bonds. The molecule has 0 aliphatic heterocycles. The van der Waals surface area contributed by atoms with Gasteiger partial charge in [0.25, 0.3) is 5.91 Å². The zero-order valence-corrected chi connectivity index (χ0v) is 16.5. The first kappa shape index (κ1) is 19.1. The van der Waals surface area contributed by atoms with Crippen LogP contribution in [0.5, 0.6) is 0 Å². The number of nitrogens with zero attached hydrogens (tertiary/aromatic N) is 3. The van der Waals surface area contributed by atoms with Crippen LogP contribution in [0, 0.1) is 20.8 Å². The van der Waals surface area contributed by atoms with Crippen molar-refractivity contribution in [2.75, 3.05) is 16.4 Å². The van der Waals surface area contributed by atoms with E-state index in [1.165, 1.54) is 29.2 Å². The van der Waals surface area contributed by atoms with Gasteiger partial charge in [-0.15, -0.1) is 10.2 Å².